The van der Waals surface area contributed by atoms with Gasteiger partial charge in [0.05, 0.1) is 0 Å². The van der Waals surface area contributed by atoms with Gasteiger partial charge in [-0.2, -0.15) is 0 Å². The molecule has 1 rings (SSSR count). The molecule has 0 aliphatic rings. The average molecular weight is 162 g/mol. The van der Waals surface area contributed by atoms with Crippen LogP contribution in [0, 0.1) is 5.41 Å². The van der Waals surface area contributed by atoms with Gasteiger partial charge >= 0.3 is 0 Å². The van der Waals surface area contributed by atoms with Gasteiger partial charge in [0.25, 0.3) is 0 Å². The van der Waals surface area contributed by atoms with Crippen molar-refractivity contribution in [3.63, 3.8) is 0 Å². The Morgan fingerprint density at radius 2 is 2.00 bits per heavy atom. The number of hydrogen-bond acceptors (Lipinski definition) is 2. The molecule has 0 aromatic heterocycles. The number of nitrogens with two attached hydrogens (primary N) is 1. The molecule has 0 atom stereocenters. The topological polar surface area (TPSA) is 79.0 Å². The molecule has 0 unspecified atom stereocenters. The summed E-state index contributed by atoms with van der Waals surface area (Å²) >= 11 is 0. The molecule has 4 nitrogen and oxygen atoms in total. The predicted octanol–water partition coefficient (Wildman–Crippen LogP) is 0.450. The fraction of sp³-hybridized carbons (Fsp3) is 0. The van der Waals surface area contributed by atoms with Gasteiger partial charge in [0, 0.05) is 11.3 Å². The molecule has 0 aliphatic heterocycles. The smallest absolute Gasteiger partial charge is 0.233 e. The normalized spacial score (nSPS) is 9.00. The zero-order chi connectivity index (χ0) is 8.97. The van der Waals surface area contributed by atoms with Gasteiger partial charge in [0.2, 0.25) is 6.29 Å². The third-order valence-electron chi connectivity index (χ3n) is 1.28. The molecule has 0 spiro atoms. The quantitative estimate of drug-likeness (QED) is 0.436. The number of rotatable bonds is 2. The summed E-state index contributed by atoms with van der Waals surface area (Å²) < 4.78 is 0. The standard InChI is InChI=1S/C8H8N3O/c9-8(10)11-7-3-1-6(5-12)2-4-7/h1-4H,(H4,9,10,11). The lowest BCUT2D eigenvalue weighted by Gasteiger charge is -2.01. The third kappa shape index (κ3) is 2.09. The van der Waals surface area contributed by atoms with E-state index >= 15 is 0 Å². The van der Waals surface area contributed by atoms with Crippen molar-refractivity contribution in [3.8, 4) is 0 Å². The molecule has 0 saturated heterocycles. The molecule has 1 aromatic rings. The predicted molar refractivity (Wildman–Crippen MR) is 46.8 cm³/mol. The molecular formula is C8H8N3O. The van der Waals surface area contributed by atoms with Crippen LogP contribution in [-0.4, -0.2) is 12.2 Å². The highest BCUT2D eigenvalue weighted by atomic mass is 16.1. The van der Waals surface area contributed by atoms with Crippen LogP contribution in [0.2, 0.25) is 0 Å². The summed E-state index contributed by atoms with van der Waals surface area (Å²) in [6, 6.07) is 6.50. The Balaban J connectivity index is 2.77. The van der Waals surface area contributed by atoms with Crippen LogP contribution in [0.15, 0.2) is 24.3 Å². The van der Waals surface area contributed by atoms with Gasteiger partial charge in [0.1, 0.15) is 0 Å². The Labute approximate surface area is 69.9 Å². The van der Waals surface area contributed by atoms with Crippen LogP contribution in [0.5, 0.6) is 0 Å². The minimum absolute atomic E-state index is 0.127. The van der Waals surface area contributed by atoms with Crippen molar-refractivity contribution in [2.45, 2.75) is 0 Å². The average Bonchev–Trinajstić information content (AvgIpc) is 2.05. The first kappa shape index (κ1) is 8.26. The highest BCUT2D eigenvalue weighted by Gasteiger charge is 1.93. The van der Waals surface area contributed by atoms with Crippen molar-refractivity contribution in [2.24, 2.45) is 5.73 Å². The summed E-state index contributed by atoms with van der Waals surface area (Å²) in [6.07, 6.45) is 1.74. The van der Waals surface area contributed by atoms with Gasteiger partial charge in [-0.15, -0.1) is 0 Å². The first-order valence-corrected chi connectivity index (χ1v) is 3.31. The molecular weight excluding hydrogens is 154 g/mol. The maximum Gasteiger partial charge on any atom is 0.233 e. The second-order valence-corrected chi connectivity index (χ2v) is 2.22. The molecule has 4 N–H and O–H groups in total. The van der Waals surface area contributed by atoms with Crippen molar-refractivity contribution >= 4 is 17.9 Å². The van der Waals surface area contributed by atoms with E-state index in [0.29, 0.717) is 11.3 Å². The zero-order valence-corrected chi connectivity index (χ0v) is 6.29. The van der Waals surface area contributed by atoms with E-state index in [-0.39, 0.29) is 5.96 Å². The summed E-state index contributed by atoms with van der Waals surface area (Å²) in [5, 5.41) is 9.51. The van der Waals surface area contributed by atoms with Crippen LogP contribution in [0.1, 0.15) is 5.56 Å². The fourth-order valence-electron chi connectivity index (χ4n) is 0.777. The number of anilines is 1. The molecule has 0 saturated carbocycles. The lowest BCUT2D eigenvalue weighted by atomic mass is 10.2. The van der Waals surface area contributed by atoms with Crippen LogP contribution >= 0.6 is 0 Å². The van der Waals surface area contributed by atoms with Crippen molar-refractivity contribution in [3.05, 3.63) is 29.8 Å². The monoisotopic (exact) mass is 162 g/mol. The summed E-state index contributed by atoms with van der Waals surface area (Å²) in [5.41, 5.74) is 6.25. The van der Waals surface area contributed by atoms with Crippen molar-refractivity contribution < 1.29 is 4.79 Å². The molecule has 0 aliphatic carbocycles. The number of guanidine groups is 1. The van der Waals surface area contributed by atoms with Crippen molar-refractivity contribution in [2.75, 3.05) is 5.32 Å². The Hall–Kier alpha value is -1.84. The summed E-state index contributed by atoms with van der Waals surface area (Å²) in [4.78, 5) is 10.1. The van der Waals surface area contributed by atoms with Crippen LogP contribution in [0.3, 0.4) is 0 Å². The van der Waals surface area contributed by atoms with E-state index in [1.807, 2.05) is 0 Å². The van der Waals surface area contributed by atoms with Gasteiger partial charge in [-0.05, 0) is 24.3 Å². The molecule has 0 fully saturated rings. The number of hydrogen-bond donors (Lipinski definition) is 3. The first-order chi connectivity index (χ1) is 5.72. The van der Waals surface area contributed by atoms with Crippen LogP contribution < -0.4 is 11.1 Å². The first-order valence-electron chi connectivity index (χ1n) is 3.31. The Morgan fingerprint density at radius 3 is 2.42 bits per heavy atom. The molecule has 4 heteroatoms. The molecule has 12 heavy (non-hydrogen) atoms. The summed E-state index contributed by atoms with van der Waals surface area (Å²) in [6.45, 7) is 0. The Bertz CT molecular complexity index is 292. The molecule has 1 aromatic carbocycles. The number of nitrogens with one attached hydrogen (secondary N) is 2. The second-order valence-electron chi connectivity index (χ2n) is 2.22. The maximum absolute atomic E-state index is 10.1. The molecule has 1 radical (unpaired) electrons. The van der Waals surface area contributed by atoms with E-state index in [9.17, 15) is 4.79 Å². The van der Waals surface area contributed by atoms with E-state index in [2.05, 4.69) is 5.32 Å². The molecule has 61 valence electrons. The molecule has 0 heterocycles. The van der Waals surface area contributed by atoms with Gasteiger partial charge in [-0.1, -0.05) is 0 Å². The molecule has 0 bridgehead atoms. The second kappa shape index (κ2) is 3.52. The summed E-state index contributed by atoms with van der Waals surface area (Å²) in [7, 11) is 0. The maximum atomic E-state index is 10.1. The van der Waals surface area contributed by atoms with Crippen LogP contribution in [0.4, 0.5) is 5.69 Å². The fourth-order valence-corrected chi connectivity index (χ4v) is 0.777. The largest absolute Gasteiger partial charge is 0.370 e. The Kier molecular flexibility index (Phi) is 2.42. The van der Waals surface area contributed by atoms with E-state index in [4.69, 9.17) is 11.1 Å². The van der Waals surface area contributed by atoms with E-state index in [0.717, 1.165) is 0 Å². The van der Waals surface area contributed by atoms with Gasteiger partial charge in [0.15, 0.2) is 5.96 Å². The Morgan fingerprint density at radius 1 is 1.42 bits per heavy atom. The van der Waals surface area contributed by atoms with Gasteiger partial charge in [-0.3, -0.25) is 10.2 Å². The number of carbonyl (C=O) groups excluding carboxylic acids is 1. The van der Waals surface area contributed by atoms with Crippen LogP contribution in [0.25, 0.3) is 0 Å². The zero-order valence-electron chi connectivity index (χ0n) is 6.29. The van der Waals surface area contributed by atoms with E-state index < -0.39 is 0 Å². The SMILES string of the molecule is N=C(N)Nc1ccc([C]=O)cc1. The highest BCUT2D eigenvalue weighted by molar-refractivity contribution is 5.90. The lowest BCUT2D eigenvalue weighted by Crippen LogP contribution is -2.20. The minimum atomic E-state index is -0.127. The third-order valence-corrected chi connectivity index (χ3v) is 1.28. The highest BCUT2D eigenvalue weighted by Crippen LogP contribution is 2.06. The van der Waals surface area contributed by atoms with Crippen LogP contribution in [-0.2, 0) is 4.79 Å². The lowest BCUT2D eigenvalue weighted by molar-refractivity contribution is 0.563. The van der Waals surface area contributed by atoms with Crippen molar-refractivity contribution in [1.82, 2.24) is 0 Å². The van der Waals surface area contributed by atoms with E-state index in [1.54, 1.807) is 30.6 Å². The number of benzene rings is 1. The summed E-state index contributed by atoms with van der Waals surface area (Å²) in [5.74, 6) is -0.127. The van der Waals surface area contributed by atoms with Crippen molar-refractivity contribution in [1.29, 1.82) is 5.41 Å². The van der Waals surface area contributed by atoms with Gasteiger partial charge < -0.3 is 11.1 Å². The van der Waals surface area contributed by atoms with Gasteiger partial charge in [-0.25, -0.2) is 0 Å². The minimum Gasteiger partial charge on any atom is -0.370 e. The molecule has 0 amide bonds. The van der Waals surface area contributed by atoms with E-state index in [1.165, 1.54) is 0 Å².